The summed E-state index contributed by atoms with van der Waals surface area (Å²) in [4.78, 5) is -0.0523. The molecule has 15 heavy (non-hydrogen) atoms. The van der Waals surface area contributed by atoms with Crippen molar-refractivity contribution >= 4 is 44.8 Å². The number of hydrogen-bond acceptors (Lipinski definition) is 2. The van der Waals surface area contributed by atoms with E-state index in [0.29, 0.717) is 0 Å². The van der Waals surface area contributed by atoms with Crippen molar-refractivity contribution in [3.8, 4) is 0 Å². The minimum atomic E-state index is -3.59. The van der Waals surface area contributed by atoms with Crippen molar-refractivity contribution in [1.29, 1.82) is 0 Å². The van der Waals surface area contributed by atoms with Gasteiger partial charge in [0.15, 0.2) is 0 Å². The molecule has 0 amide bonds. The summed E-state index contributed by atoms with van der Waals surface area (Å²) in [6.45, 7) is 0. The van der Waals surface area contributed by atoms with E-state index in [4.69, 9.17) is 34.8 Å². The largest absolute Gasteiger partial charge is 0.244 e. The molecule has 0 aliphatic heterocycles. The summed E-state index contributed by atoms with van der Waals surface area (Å²) in [5.74, 6) is 0. The van der Waals surface area contributed by atoms with E-state index in [9.17, 15) is 8.42 Å². The molecule has 0 bridgehead atoms. The van der Waals surface area contributed by atoms with Crippen LogP contribution in [0.1, 0.15) is 0 Å². The van der Waals surface area contributed by atoms with E-state index < -0.39 is 10.0 Å². The second kappa shape index (κ2) is 4.47. The topological polar surface area (TPSA) is 37.4 Å². The summed E-state index contributed by atoms with van der Waals surface area (Å²) in [5, 5.41) is 0.207. The van der Waals surface area contributed by atoms with Gasteiger partial charge in [-0.1, -0.05) is 34.8 Å². The van der Waals surface area contributed by atoms with Crippen LogP contribution in [0.4, 0.5) is 0 Å². The molecule has 0 unspecified atom stereocenters. The van der Waals surface area contributed by atoms with Gasteiger partial charge in [-0.15, -0.1) is 0 Å². The Bertz CT molecular complexity index is 485. The lowest BCUT2D eigenvalue weighted by atomic mass is 10.4. The molecule has 84 valence electrons. The highest BCUT2D eigenvalue weighted by atomic mass is 35.5. The zero-order valence-corrected chi connectivity index (χ0v) is 11.0. The van der Waals surface area contributed by atoms with Gasteiger partial charge in [-0.25, -0.2) is 12.7 Å². The molecule has 0 saturated carbocycles. The lowest BCUT2D eigenvalue weighted by Gasteiger charge is -2.13. The molecule has 0 radical (unpaired) electrons. The van der Waals surface area contributed by atoms with Gasteiger partial charge in [0, 0.05) is 14.1 Å². The smallest absolute Gasteiger partial charge is 0.207 e. The molecule has 3 nitrogen and oxygen atoms in total. The normalized spacial score (nSPS) is 12.1. The van der Waals surface area contributed by atoms with Gasteiger partial charge in [-0.2, -0.15) is 0 Å². The Balaban J connectivity index is 3.48. The third kappa shape index (κ3) is 2.40. The Morgan fingerprint density at radius 2 is 1.60 bits per heavy atom. The molecule has 0 saturated heterocycles. The molecule has 1 aromatic rings. The summed E-state index contributed by atoms with van der Waals surface area (Å²) in [7, 11) is -0.767. The Hall–Kier alpha value is -0.000000000000000167. The Kier molecular flexibility index (Phi) is 3.90. The van der Waals surface area contributed by atoms with E-state index in [1.807, 2.05) is 0 Å². The fraction of sp³-hybridized carbons (Fsp3) is 0.250. The molecule has 0 heterocycles. The first-order valence-corrected chi connectivity index (χ1v) is 6.42. The predicted molar refractivity (Wildman–Crippen MR) is 62.3 cm³/mol. The van der Waals surface area contributed by atoms with Gasteiger partial charge in [0.1, 0.15) is 4.90 Å². The van der Waals surface area contributed by atoms with Gasteiger partial charge in [0.2, 0.25) is 10.0 Å². The zero-order chi connectivity index (χ0) is 11.8. The van der Waals surface area contributed by atoms with Crippen molar-refractivity contribution in [2.45, 2.75) is 4.90 Å². The van der Waals surface area contributed by atoms with Crippen LogP contribution in [0.2, 0.25) is 15.1 Å². The maximum atomic E-state index is 11.8. The molecule has 0 aliphatic rings. The van der Waals surface area contributed by atoms with E-state index in [2.05, 4.69) is 0 Å². The molecule has 0 atom stereocenters. The number of hydrogen-bond donors (Lipinski definition) is 0. The number of benzene rings is 1. The average Bonchev–Trinajstić information content (AvgIpc) is 2.13. The van der Waals surface area contributed by atoms with Crippen molar-refractivity contribution in [3.05, 3.63) is 27.2 Å². The highest BCUT2D eigenvalue weighted by Crippen LogP contribution is 2.35. The third-order valence-corrected chi connectivity index (χ3v) is 5.02. The van der Waals surface area contributed by atoms with Crippen molar-refractivity contribution in [1.82, 2.24) is 4.31 Å². The lowest BCUT2D eigenvalue weighted by Crippen LogP contribution is -2.22. The lowest BCUT2D eigenvalue weighted by molar-refractivity contribution is 0.521. The Morgan fingerprint density at radius 3 is 2.07 bits per heavy atom. The molecule has 0 aromatic heterocycles. The number of rotatable bonds is 2. The second-order valence-electron chi connectivity index (χ2n) is 2.96. The van der Waals surface area contributed by atoms with E-state index in [1.54, 1.807) is 0 Å². The van der Waals surface area contributed by atoms with Crippen molar-refractivity contribution in [2.75, 3.05) is 14.1 Å². The van der Waals surface area contributed by atoms with Crippen LogP contribution in [-0.2, 0) is 10.0 Å². The first kappa shape index (κ1) is 13.1. The van der Waals surface area contributed by atoms with Crippen LogP contribution in [0, 0.1) is 0 Å². The molecule has 0 spiro atoms. The van der Waals surface area contributed by atoms with Crippen molar-refractivity contribution in [3.63, 3.8) is 0 Å². The van der Waals surface area contributed by atoms with E-state index >= 15 is 0 Å². The highest BCUT2D eigenvalue weighted by molar-refractivity contribution is 7.89. The van der Waals surface area contributed by atoms with Gasteiger partial charge < -0.3 is 0 Å². The van der Waals surface area contributed by atoms with E-state index in [1.165, 1.54) is 26.2 Å². The average molecular weight is 289 g/mol. The Morgan fingerprint density at radius 1 is 1.07 bits per heavy atom. The van der Waals surface area contributed by atoms with Crippen LogP contribution in [0.15, 0.2) is 17.0 Å². The van der Waals surface area contributed by atoms with Gasteiger partial charge in [-0.3, -0.25) is 0 Å². The number of nitrogens with zero attached hydrogens (tertiary/aromatic N) is 1. The fourth-order valence-corrected chi connectivity index (χ4v) is 2.75. The molecular formula is C8H8Cl3NO2S. The maximum Gasteiger partial charge on any atom is 0.244 e. The van der Waals surface area contributed by atoms with Gasteiger partial charge >= 0.3 is 0 Å². The van der Waals surface area contributed by atoms with Crippen LogP contribution in [-0.4, -0.2) is 26.8 Å². The molecule has 7 heteroatoms. The number of sulfonamides is 1. The van der Waals surface area contributed by atoms with Crippen LogP contribution in [0.25, 0.3) is 0 Å². The minimum absolute atomic E-state index is 0.0428. The van der Waals surface area contributed by atoms with Crippen molar-refractivity contribution < 1.29 is 8.42 Å². The summed E-state index contributed by atoms with van der Waals surface area (Å²) in [5.41, 5.74) is 0. The summed E-state index contributed by atoms with van der Waals surface area (Å²) in [6, 6.07) is 2.72. The third-order valence-electron chi connectivity index (χ3n) is 1.76. The molecular weight excluding hydrogens is 281 g/mol. The highest BCUT2D eigenvalue weighted by Gasteiger charge is 2.22. The monoisotopic (exact) mass is 287 g/mol. The second-order valence-corrected chi connectivity index (χ2v) is 6.24. The quantitative estimate of drug-likeness (QED) is 0.785. The van der Waals surface area contributed by atoms with Crippen LogP contribution >= 0.6 is 34.8 Å². The first-order valence-electron chi connectivity index (χ1n) is 3.84. The molecule has 0 fully saturated rings. The van der Waals surface area contributed by atoms with Crippen molar-refractivity contribution in [2.24, 2.45) is 0 Å². The van der Waals surface area contributed by atoms with E-state index in [0.717, 1.165) is 4.31 Å². The van der Waals surface area contributed by atoms with E-state index in [-0.39, 0.29) is 20.0 Å². The summed E-state index contributed by atoms with van der Waals surface area (Å²) >= 11 is 17.2. The van der Waals surface area contributed by atoms with Gasteiger partial charge in [-0.05, 0) is 12.1 Å². The first-order chi connectivity index (χ1) is 6.78. The fourth-order valence-electron chi connectivity index (χ4n) is 0.904. The minimum Gasteiger partial charge on any atom is -0.207 e. The molecule has 1 rings (SSSR count). The molecule has 1 aromatic carbocycles. The maximum absolute atomic E-state index is 11.8. The summed E-state index contributed by atoms with van der Waals surface area (Å²) < 4.78 is 24.6. The number of halogens is 3. The van der Waals surface area contributed by atoms with Crippen LogP contribution in [0.3, 0.4) is 0 Å². The molecule has 0 aliphatic carbocycles. The van der Waals surface area contributed by atoms with Crippen LogP contribution < -0.4 is 0 Å². The molecule has 0 N–H and O–H groups in total. The van der Waals surface area contributed by atoms with Gasteiger partial charge in [0.05, 0.1) is 15.1 Å². The Labute approximate surface area is 104 Å². The standard InChI is InChI=1S/C8H8Cl3NO2S/c1-12(2)15(13,14)6-4-3-5(9)7(10)8(6)11/h3-4H,1-2H3. The predicted octanol–water partition coefficient (Wildman–Crippen LogP) is 2.90. The van der Waals surface area contributed by atoms with Gasteiger partial charge in [0.25, 0.3) is 0 Å². The zero-order valence-electron chi connectivity index (χ0n) is 7.96. The van der Waals surface area contributed by atoms with Crippen LogP contribution in [0.5, 0.6) is 0 Å². The summed E-state index contributed by atoms with van der Waals surface area (Å²) in [6.07, 6.45) is 0. The SMILES string of the molecule is CN(C)S(=O)(=O)c1ccc(Cl)c(Cl)c1Cl.